The summed E-state index contributed by atoms with van der Waals surface area (Å²) in [5.41, 5.74) is 13.5. The first-order valence-electron chi connectivity index (χ1n) is 12.4. The van der Waals surface area contributed by atoms with E-state index in [2.05, 4.69) is 15.6 Å². The molecule has 1 fully saturated rings. The molecule has 1 aliphatic heterocycles. The highest BCUT2D eigenvalue weighted by atomic mass is 16.4. The Hall–Kier alpha value is -3.44. The zero-order valence-corrected chi connectivity index (χ0v) is 20.5. The SMILES string of the molecule is CC(NC(=O)C(N)Cc1c[nH]c2ccccc12)C(=O)NC(CCCCN)C(=O)N1CCCC1C(=O)O. The van der Waals surface area contributed by atoms with Gasteiger partial charge in [0.15, 0.2) is 0 Å². The standard InChI is InChI=1S/C25H36N6O5/c1-15(29-23(33)18(27)13-16-14-28-19-8-3-2-7-17(16)19)22(32)30-20(9-4-5-11-26)24(34)31-12-6-10-21(31)25(35)36/h2-3,7-8,14-15,18,20-21,28H,4-6,9-13,26-27H2,1H3,(H,29,33)(H,30,32)(H,35,36). The van der Waals surface area contributed by atoms with E-state index in [0.717, 1.165) is 16.5 Å². The number of fused-ring (bicyclic) bond motifs is 1. The number of unbranched alkanes of at least 4 members (excludes halogenated alkanes) is 1. The molecule has 36 heavy (non-hydrogen) atoms. The molecular formula is C25H36N6O5. The minimum Gasteiger partial charge on any atom is -0.480 e. The summed E-state index contributed by atoms with van der Waals surface area (Å²) in [5, 5.41) is 15.7. The second-order valence-electron chi connectivity index (χ2n) is 9.27. The molecule has 3 amide bonds. The summed E-state index contributed by atoms with van der Waals surface area (Å²) in [6, 6.07) is 4.09. The van der Waals surface area contributed by atoms with Gasteiger partial charge >= 0.3 is 5.97 Å². The summed E-state index contributed by atoms with van der Waals surface area (Å²) in [7, 11) is 0. The number of carboxylic acids is 1. The van der Waals surface area contributed by atoms with Crippen molar-refractivity contribution < 1.29 is 24.3 Å². The molecule has 1 aliphatic rings. The number of carbonyl (C=O) groups is 4. The van der Waals surface area contributed by atoms with Gasteiger partial charge in [-0.1, -0.05) is 18.2 Å². The van der Waals surface area contributed by atoms with Crippen molar-refractivity contribution >= 4 is 34.6 Å². The second-order valence-corrected chi connectivity index (χ2v) is 9.27. The zero-order valence-electron chi connectivity index (χ0n) is 20.5. The quantitative estimate of drug-likeness (QED) is 0.225. The van der Waals surface area contributed by atoms with Crippen LogP contribution >= 0.6 is 0 Å². The normalized spacial score (nSPS) is 18.0. The van der Waals surface area contributed by atoms with Gasteiger partial charge in [-0.15, -0.1) is 0 Å². The van der Waals surface area contributed by atoms with Crippen LogP contribution in [-0.2, 0) is 25.6 Å². The molecular weight excluding hydrogens is 464 g/mol. The minimum absolute atomic E-state index is 0.288. The molecule has 0 spiro atoms. The van der Waals surface area contributed by atoms with Gasteiger partial charge in [0, 0.05) is 23.6 Å². The lowest BCUT2D eigenvalue weighted by Gasteiger charge is -2.28. The van der Waals surface area contributed by atoms with Gasteiger partial charge in [-0.05, 0) is 63.6 Å². The number of nitrogens with one attached hydrogen (secondary N) is 3. The molecule has 4 unspecified atom stereocenters. The summed E-state index contributed by atoms with van der Waals surface area (Å²) < 4.78 is 0. The molecule has 11 nitrogen and oxygen atoms in total. The maximum atomic E-state index is 13.1. The predicted molar refractivity (Wildman–Crippen MR) is 135 cm³/mol. The molecule has 0 bridgehead atoms. The average Bonchev–Trinajstić information content (AvgIpc) is 3.51. The molecule has 3 rings (SSSR count). The van der Waals surface area contributed by atoms with Crippen LogP contribution in [0, 0.1) is 0 Å². The Morgan fingerprint density at radius 3 is 2.64 bits per heavy atom. The number of amides is 3. The first-order valence-corrected chi connectivity index (χ1v) is 12.4. The molecule has 2 heterocycles. The van der Waals surface area contributed by atoms with Crippen LogP contribution in [0.2, 0.25) is 0 Å². The number of carbonyl (C=O) groups excluding carboxylic acids is 3. The van der Waals surface area contributed by atoms with Crippen molar-refractivity contribution in [1.29, 1.82) is 0 Å². The van der Waals surface area contributed by atoms with Crippen molar-refractivity contribution in [2.75, 3.05) is 13.1 Å². The number of para-hydroxylation sites is 1. The molecule has 1 aromatic carbocycles. The number of carboxylic acid groups (broad SMARTS) is 1. The predicted octanol–water partition coefficient (Wildman–Crippen LogP) is 0.232. The third kappa shape index (κ3) is 6.61. The Bertz CT molecular complexity index is 1090. The van der Waals surface area contributed by atoms with Gasteiger partial charge in [0.25, 0.3) is 0 Å². The van der Waals surface area contributed by atoms with Gasteiger partial charge < -0.3 is 37.1 Å². The number of aromatic nitrogens is 1. The van der Waals surface area contributed by atoms with Crippen molar-refractivity contribution in [3.05, 3.63) is 36.0 Å². The average molecular weight is 501 g/mol. The molecule has 196 valence electrons. The molecule has 0 radical (unpaired) electrons. The van der Waals surface area contributed by atoms with Crippen LogP contribution in [0.4, 0.5) is 0 Å². The number of benzene rings is 1. The summed E-state index contributed by atoms with van der Waals surface area (Å²) in [6.45, 7) is 2.29. The fourth-order valence-electron chi connectivity index (χ4n) is 4.55. The van der Waals surface area contributed by atoms with Crippen LogP contribution in [0.3, 0.4) is 0 Å². The number of likely N-dealkylation sites (tertiary alicyclic amines) is 1. The van der Waals surface area contributed by atoms with Crippen LogP contribution in [0.15, 0.2) is 30.5 Å². The highest BCUT2D eigenvalue weighted by Gasteiger charge is 2.37. The lowest BCUT2D eigenvalue weighted by atomic mass is 10.0. The van der Waals surface area contributed by atoms with Crippen LogP contribution in [0.1, 0.15) is 44.6 Å². The number of hydrogen-bond acceptors (Lipinski definition) is 6. The van der Waals surface area contributed by atoms with Gasteiger partial charge in [0.05, 0.1) is 6.04 Å². The van der Waals surface area contributed by atoms with Crippen molar-refractivity contribution in [3.8, 4) is 0 Å². The van der Waals surface area contributed by atoms with E-state index >= 15 is 0 Å². The smallest absolute Gasteiger partial charge is 0.326 e. The van der Waals surface area contributed by atoms with Crippen LogP contribution in [-0.4, -0.2) is 75.9 Å². The number of aliphatic carboxylic acids is 1. The Kier molecular flexibility index (Phi) is 9.43. The Morgan fingerprint density at radius 2 is 1.92 bits per heavy atom. The molecule has 4 atom stereocenters. The Morgan fingerprint density at radius 1 is 1.17 bits per heavy atom. The fourth-order valence-corrected chi connectivity index (χ4v) is 4.55. The topological polar surface area (TPSA) is 184 Å². The van der Waals surface area contributed by atoms with E-state index in [1.807, 2.05) is 30.5 Å². The van der Waals surface area contributed by atoms with Crippen molar-refractivity contribution in [3.63, 3.8) is 0 Å². The van der Waals surface area contributed by atoms with Gasteiger partial charge in [-0.25, -0.2) is 4.79 Å². The molecule has 0 aliphatic carbocycles. The number of nitrogens with two attached hydrogens (primary N) is 2. The summed E-state index contributed by atoms with van der Waals surface area (Å²) in [5.74, 6) is -2.52. The first-order chi connectivity index (χ1) is 17.2. The highest BCUT2D eigenvalue weighted by Crippen LogP contribution is 2.20. The van der Waals surface area contributed by atoms with Gasteiger partial charge in [-0.3, -0.25) is 14.4 Å². The van der Waals surface area contributed by atoms with E-state index in [1.54, 1.807) is 0 Å². The van der Waals surface area contributed by atoms with E-state index in [9.17, 15) is 24.3 Å². The number of nitrogens with zero attached hydrogens (tertiary/aromatic N) is 1. The largest absolute Gasteiger partial charge is 0.480 e. The molecule has 2 aromatic rings. The second kappa shape index (κ2) is 12.5. The van der Waals surface area contributed by atoms with Crippen molar-refractivity contribution in [1.82, 2.24) is 20.5 Å². The van der Waals surface area contributed by atoms with Crippen LogP contribution < -0.4 is 22.1 Å². The Balaban J connectivity index is 1.60. The lowest BCUT2D eigenvalue weighted by Crippen LogP contribution is -2.56. The van der Waals surface area contributed by atoms with Crippen LogP contribution in [0.25, 0.3) is 10.9 Å². The molecule has 8 N–H and O–H groups in total. The van der Waals surface area contributed by atoms with Crippen molar-refractivity contribution in [2.24, 2.45) is 11.5 Å². The molecule has 11 heteroatoms. The zero-order chi connectivity index (χ0) is 26.2. The van der Waals surface area contributed by atoms with E-state index in [0.29, 0.717) is 45.2 Å². The van der Waals surface area contributed by atoms with Gasteiger partial charge in [0.1, 0.15) is 18.1 Å². The Labute approximate surface area is 210 Å². The monoisotopic (exact) mass is 500 g/mol. The number of hydrogen-bond donors (Lipinski definition) is 6. The maximum Gasteiger partial charge on any atom is 0.326 e. The highest BCUT2D eigenvalue weighted by molar-refractivity contribution is 5.94. The summed E-state index contributed by atoms with van der Waals surface area (Å²) in [4.78, 5) is 54.7. The van der Waals surface area contributed by atoms with E-state index in [1.165, 1.54) is 11.8 Å². The van der Waals surface area contributed by atoms with E-state index < -0.39 is 47.9 Å². The number of rotatable bonds is 12. The van der Waals surface area contributed by atoms with Crippen LogP contribution in [0.5, 0.6) is 0 Å². The number of aromatic amines is 1. The summed E-state index contributed by atoms with van der Waals surface area (Å²) >= 11 is 0. The number of H-pyrrole nitrogens is 1. The maximum absolute atomic E-state index is 13.1. The van der Waals surface area contributed by atoms with Gasteiger partial charge in [-0.2, -0.15) is 0 Å². The summed E-state index contributed by atoms with van der Waals surface area (Å²) in [6.07, 6.45) is 4.65. The van der Waals surface area contributed by atoms with Crippen molar-refractivity contribution in [2.45, 2.75) is 69.6 Å². The molecule has 1 aromatic heterocycles. The third-order valence-corrected chi connectivity index (χ3v) is 6.59. The fraction of sp³-hybridized carbons (Fsp3) is 0.520. The molecule has 1 saturated heterocycles. The van der Waals surface area contributed by atoms with E-state index in [4.69, 9.17) is 11.5 Å². The third-order valence-electron chi connectivity index (χ3n) is 6.59. The molecule has 0 saturated carbocycles. The van der Waals surface area contributed by atoms with Gasteiger partial charge in [0.2, 0.25) is 17.7 Å². The first kappa shape index (κ1) is 27.2. The minimum atomic E-state index is -1.06. The van der Waals surface area contributed by atoms with E-state index in [-0.39, 0.29) is 6.42 Å². The lowest BCUT2D eigenvalue weighted by molar-refractivity contribution is -0.149.